The van der Waals surface area contributed by atoms with Gasteiger partial charge in [0.2, 0.25) is 0 Å². The van der Waals surface area contributed by atoms with Crippen LogP contribution in [0.3, 0.4) is 0 Å². The molecule has 1 aromatic rings. The zero-order valence-corrected chi connectivity index (χ0v) is 11.4. The molecular weight excluding hydrogens is 265 g/mol. The number of benzene rings is 1. The van der Waals surface area contributed by atoms with Gasteiger partial charge in [-0.05, 0) is 13.8 Å². The summed E-state index contributed by atoms with van der Waals surface area (Å²) in [6, 6.07) is 8.21. The number of rotatable bonds is 3. The average molecular weight is 278 g/mol. The second-order valence-corrected chi connectivity index (χ2v) is 3.76. The first-order chi connectivity index (χ1) is 7.17. The van der Waals surface area contributed by atoms with E-state index in [1.165, 1.54) is 0 Å². The minimum absolute atomic E-state index is 0. The summed E-state index contributed by atoms with van der Waals surface area (Å²) in [5.41, 5.74) is 0. The smallest absolute Gasteiger partial charge is 0.437 e. The number of hydrogen-bond acceptors (Lipinski definition) is 2. The van der Waals surface area contributed by atoms with Crippen LogP contribution in [0.5, 0.6) is 5.75 Å². The molecule has 0 radical (unpaired) electrons. The summed E-state index contributed by atoms with van der Waals surface area (Å²) < 4.78 is 5.91. The van der Waals surface area contributed by atoms with E-state index in [9.17, 15) is 4.79 Å². The Balaban J connectivity index is 0.00000225. The van der Waals surface area contributed by atoms with Gasteiger partial charge >= 0.3 is 25.0 Å². The summed E-state index contributed by atoms with van der Waals surface area (Å²) in [6.07, 6.45) is -0.339. The van der Waals surface area contributed by atoms with Crippen molar-refractivity contribution in [3.8, 4) is 5.75 Å². The number of carbonyl (C=O) groups is 1. The quantitative estimate of drug-likeness (QED) is 0.579. The first kappa shape index (κ1) is 15.6. The van der Waals surface area contributed by atoms with Gasteiger partial charge in [0.05, 0.1) is 0 Å². The van der Waals surface area contributed by atoms with Crippen LogP contribution in [0.4, 0.5) is 4.79 Å². The molecule has 16 heavy (non-hydrogen) atoms. The van der Waals surface area contributed by atoms with Gasteiger partial charge in [0.1, 0.15) is 0 Å². The minimum atomic E-state index is -0.339. The third-order valence-corrected chi connectivity index (χ3v) is 2.41. The van der Waals surface area contributed by atoms with E-state index in [1.807, 2.05) is 19.9 Å². The van der Waals surface area contributed by atoms with Crippen molar-refractivity contribution >= 4 is 22.0 Å². The van der Waals surface area contributed by atoms with Gasteiger partial charge < -0.3 is 9.64 Å². The van der Waals surface area contributed by atoms with Crippen molar-refractivity contribution in [1.82, 2.24) is 4.90 Å². The summed E-state index contributed by atoms with van der Waals surface area (Å²) >= 11 is 3.26. The van der Waals surface area contributed by atoms with Gasteiger partial charge in [-0.15, -0.1) is 12.1 Å². The number of carbonyl (C=O) groups excluding carboxylic acids is 1. The van der Waals surface area contributed by atoms with Gasteiger partial charge in [-0.1, -0.05) is 20.4 Å². The van der Waals surface area contributed by atoms with Gasteiger partial charge in [0.25, 0.3) is 0 Å². The van der Waals surface area contributed by atoms with Crippen LogP contribution < -0.4 is 23.6 Å². The summed E-state index contributed by atoms with van der Waals surface area (Å²) in [5.74, 6) is 0.432. The maximum Gasteiger partial charge on any atom is 1.00 e. The van der Waals surface area contributed by atoms with Gasteiger partial charge in [-0.2, -0.15) is 12.1 Å². The molecule has 0 bridgehead atoms. The fraction of sp³-hybridized carbons (Fsp3) is 0.364. The van der Waals surface area contributed by atoms with Crippen LogP contribution in [0.25, 0.3) is 0 Å². The van der Waals surface area contributed by atoms with Crippen LogP contribution in [-0.2, 0) is 0 Å². The Labute approximate surface area is 116 Å². The minimum Gasteiger partial charge on any atom is -0.437 e. The maximum atomic E-state index is 11.6. The van der Waals surface area contributed by atoms with Gasteiger partial charge in [0.15, 0.2) is 0 Å². The van der Waals surface area contributed by atoms with E-state index in [4.69, 9.17) is 4.74 Å². The Morgan fingerprint density at radius 2 is 2.06 bits per heavy atom. The van der Waals surface area contributed by atoms with E-state index in [2.05, 4.69) is 22.0 Å². The molecule has 82 valence electrons. The number of amides is 1. The Bertz CT molecular complexity index is 343. The largest absolute Gasteiger partial charge is 1.00 e. The monoisotopic (exact) mass is 277 g/mol. The van der Waals surface area contributed by atoms with E-state index >= 15 is 0 Å². The molecule has 5 heteroatoms. The van der Waals surface area contributed by atoms with Crippen molar-refractivity contribution in [2.24, 2.45) is 0 Å². The van der Waals surface area contributed by atoms with E-state index < -0.39 is 0 Å². The summed E-state index contributed by atoms with van der Waals surface area (Å²) in [4.78, 5) is 13.2. The predicted octanol–water partition coefficient (Wildman–Crippen LogP) is 0.0939. The molecule has 1 amide bonds. The topological polar surface area (TPSA) is 29.5 Å². The molecule has 0 saturated carbocycles. The van der Waals surface area contributed by atoms with Crippen LogP contribution in [0.1, 0.15) is 13.8 Å². The van der Waals surface area contributed by atoms with Crippen molar-refractivity contribution in [3.05, 3.63) is 28.7 Å². The van der Waals surface area contributed by atoms with Crippen LogP contribution >= 0.6 is 15.9 Å². The molecule has 0 N–H and O–H groups in total. The third-order valence-electron chi connectivity index (χ3n) is 1.95. The van der Waals surface area contributed by atoms with Crippen molar-refractivity contribution in [2.45, 2.75) is 13.8 Å². The molecule has 1 aromatic carbocycles. The second kappa shape index (κ2) is 7.78. The Morgan fingerprint density at radius 1 is 1.44 bits per heavy atom. The molecule has 0 spiro atoms. The molecular formula is C11H13BrLiNO2. The summed E-state index contributed by atoms with van der Waals surface area (Å²) in [6.45, 7) is 5.11. The molecule has 0 aliphatic carbocycles. The first-order valence-corrected chi connectivity index (χ1v) is 5.61. The molecule has 0 fully saturated rings. The molecule has 1 rings (SSSR count). The standard InChI is InChI=1S/C11H13BrNO2.Li/c1-3-13(4-2)11(14)15-10-7-5-6-9(12)8-10;/h5-7H,3-4H2,1-2H3;/q-1;+1. The Hall–Kier alpha value is -0.433. The number of hydrogen-bond donors (Lipinski definition) is 0. The Kier molecular flexibility index (Phi) is 7.57. The molecule has 0 saturated heterocycles. The van der Waals surface area contributed by atoms with Crippen LogP contribution in [0.2, 0.25) is 0 Å². The maximum absolute atomic E-state index is 11.6. The molecule has 0 unspecified atom stereocenters. The number of ether oxygens (including phenoxy) is 1. The van der Waals surface area contributed by atoms with Crippen LogP contribution in [0, 0.1) is 6.07 Å². The molecule has 0 atom stereocenters. The average Bonchev–Trinajstić information content (AvgIpc) is 2.19. The van der Waals surface area contributed by atoms with E-state index in [1.54, 1.807) is 17.0 Å². The number of nitrogens with zero attached hydrogens (tertiary/aromatic N) is 1. The van der Waals surface area contributed by atoms with Crippen molar-refractivity contribution in [3.63, 3.8) is 0 Å². The molecule has 3 nitrogen and oxygen atoms in total. The Morgan fingerprint density at radius 3 is 2.56 bits per heavy atom. The zero-order valence-electron chi connectivity index (χ0n) is 9.79. The van der Waals surface area contributed by atoms with Crippen molar-refractivity contribution in [1.29, 1.82) is 0 Å². The van der Waals surface area contributed by atoms with Gasteiger partial charge in [-0.3, -0.25) is 0 Å². The summed E-state index contributed by atoms with van der Waals surface area (Å²) in [5, 5.41) is 0. The fourth-order valence-electron chi connectivity index (χ4n) is 1.12. The summed E-state index contributed by atoms with van der Waals surface area (Å²) in [7, 11) is 0. The molecule has 0 heterocycles. The normalized spacial score (nSPS) is 9.19. The van der Waals surface area contributed by atoms with E-state index in [-0.39, 0.29) is 25.0 Å². The fourth-order valence-corrected chi connectivity index (χ4v) is 1.47. The van der Waals surface area contributed by atoms with Crippen molar-refractivity contribution < 1.29 is 28.4 Å². The molecule has 0 aliphatic heterocycles. The van der Waals surface area contributed by atoms with Gasteiger partial charge in [-0.25, -0.2) is 4.79 Å². The number of halogens is 1. The van der Waals surface area contributed by atoms with Crippen LogP contribution in [-0.4, -0.2) is 24.1 Å². The predicted molar refractivity (Wildman–Crippen MR) is 61.9 cm³/mol. The first-order valence-electron chi connectivity index (χ1n) is 4.82. The molecule has 0 aromatic heterocycles. The van der Waals surface area contributed by atoms with Gasteiger partial charge in [0, 0.05) is 18.8 Å². The third kappa shape index (κ3) is 4.61. The second-order valence-electron chi connectivity index (χ2n) is 2.90. The molecule has 0 aliphatic rings. The van der Waals surface area contributed by atoms with Crippen molar-refractivity contribution in [2.75, 3.05) is 13.1 Å². The SMILES string of the molecule is CCN(CC)C(=O)Oc1[c-]c(Br)ccc1.[Li+]. The van der Waals surface area contributed by atoms with E-state index in [0.29, 0.717) is 18.8 Å². The van der Waals surface area contributed by atoms with E-state index in [0.717, 1.165) is 4.47 Å². The zero-order chi connectivity index (χ0) is 11.3. The van der Waals surface area contributed by atoms with Crippen LogP contribution in [0.15, 0.2) is 22.7 Å².